The molecule has 9 heteroatoms. The third kappa shape index (κ3) is 5.18. The highest BCUT2D eigenvalue weighted by atomic mass is 79.9. The smallest absolute Gasteiger partial charge is 0.407 e. The van der Waals surface area contributed by atoms with Crippen LogP contribution in [0.1, 0.15) is 40.0 Å². The van der Waals surface area contributed by atoms with E-state index in [1.807, 2.05) is 0 Å². The highest BCUT2D eigenvalue weighted by molar-refractivity contribution is 9.11. The van der Waals surface area contributed by atoms with Gasteiger partial charge in [0.05, 0.1) is 3.79 Å². The van der Waals surface area contributed by atoms with Gasteiger partial charge in [0.25, 0.3) is 10.0 Å². The van der Waals surface area contributed by atoms with E-state index >= 15 is 0 Å². The molecule has 1 aliphatic heterocycles. The van der Waals surface area contributed by atoms with Crippen LogP contribution in [-0.4, -0.2) is 43.5 Å². The lowest BCUT2D eigenvalue weighted by molar-refractivity contribution is 0.0512. The minimum Gasteiger partial charge on any atom is -0.444 e. The number of thiophene rings is 1. The Morgan fingerprint density at radius 2 is 2.12 bits per heavy atom. The van der Waals surface area contributed by atoms with Crippen molar-refractivity contribution in [1.82, 2.24) is 9.62 Å². The fourth-order valence-corrected chi connectivity index (χ4v) is 6.39. The second kappa shape index (κ2) is 7.72. The Bertz CT molecular complexity index is 682. The van der Waals surface area contributed by atoms with Crippen LogP contribution < -0.4 is 5.32 Å². The van der Waals surface area contributed by atoms with Crippen molar-refractivity contribution in [3.05, 3.63) is 15.9 Å². The van der Waals surface area contributed by atoms with Crippen LogP contribution in [0.3, 0.4) is 0 Å². The Hall–Kier alpha value is -0.640. The molecule has 0 bridgehead atoms. The van der Waals surface area contributed by atoms with Crippen LogP contribution in [0, 0.1) is 0 Å². The summed E-state index contributed by atoms with van der Waals surface area (Å²) in [5.41, 5.74) is -0.578. The van der Waals surface area contributed by atoms with Crippen LogP contribution in [0.15, 0.2) is 20.1 Å². The summed E-state index contributed by atoms with van der Waals surface area (Å²) in [6, 6.07) is 3.09. The van der Waals surface area contributed by atoms with Crippen molar-refractivity contribution in [2.75, 3.05) is 13.1 Å². The van der Waals surface area contributed by atoms with Crippen LogP contribution in [0.2, 0.25) is 0 Å². The number of piperidine rings is 1. The van der Waals surface area contributed by atoms with Crippen molar-refractivity contribution in [1.29, 1.82) is 0 Å². The molecule has 6 nitrogen and oxygen atoms in total. The maximum atomic E-state index is 12.9. The summed E-state index contributed by atoms with van der Waals surface area (Å²) in [7, 11) is -3.54. The second-order valence-electron chi connectivity index (χ2n) is 6.71. The number of carbonyl (C=O) groups excluding carboxylic acids is 1. The molecule has 0 aliphatic carbocycles. The third-order valence-corrected chi connectivity index (χ3v) is 7.61. The Kier molecular flexibility index (Phi) is 6.33. The van der Waals surface area contributed by atoms with Gasteiger partial charge in [-0.25, -0.2) is 13.2 Å². The van der Waals surface area contributed by atoms with E-state index in [9.17, 15) is 13.2 Å². The molecule has 1 N–H and O–H groups in total. The number of nitrogens with one attached hydrogen (secondary N) is 1. The van der Waals surface area contributed by atoms with E-state index in [-0.39, 0.29) is 12.6 Å². The van der Waals surface area contributed by atoms with Crippen molar-refractivity contribution in [3.8, 4) is 0 Å². The van der Waals surface area contributed by atoms with E-state index in [1.54, 1.807) is 32.9 Å². The number of halogens is 1. The van der Waals surface area contributed by atoms with Crippen molar-refractivity contribution in [2.45, 2.75) is 55.9 Å². The first-order valence-corrected chi connectivity index (χ1v) is 10.9. The molecular weight excluding hydrogens is 416 g/mol. The Morgan fingerprint density at radius 1 is 1.42 bits per heavy atom. The van der Waals surface area contributed by atoms with Crippen LogP contribution in [0.4, 0.5) is 4.79 Å². The number of alkyl carbamates (subject to hydrolysis) is 1. The molecule has 1 aromatic rings. The number of hydrogen-bond donors (Lipinski definition) is 1. The number of hydrogen-bond acceptors (Lipinski definition) is 5. The predicted molar refractivity (Wildman–Crippen MR) is 97.8 cm³/mol. The first-order chi connectivity index (χ1) is 11.1. The molecule has 1 fully saturated rings. The fourth-order valence-electron chi connectivity index (χ4n) is 2.56. The van der Waals surface area contributed by atoms with Crippen LogP contribution >= 0.6 is 27.3 Å². The highest BCUT2D eigenvalue weighted by Gasteiger charge is 2.34. The molecule has 2 heterocycles. The van der Waals surface area contributed by atoms with Gasteiger partial charge in [-0.05, 0) is 61.7 Å². The van der Waals surface area contributed by atoms with E-state index in [4.69, 9.17) is 4.74 Å². The maximum absolute atomic E-state index is 12.9. The zero-order chi connectivity index (χ0) is 18.0. The number of nitrogens with zero attached hydrogens (tertiary/aromatic N) is 1. The topological polar surface area (TPSA) is 75.7 Å². The molecule has 0 unspecified atom stereocenters. The van der Waals surface area contributed by atoms with E-state index in [0.29, 0.717) is 10.8 Å². The summed E-state index contributed by atoms with van der Waals surface area (Å²) in [6.07, 6.45) is 1.97. The minimum atomic E-state index is -3.54. The third-order valence-electron chi connectivity index (χ3n) is 3.57. The molecule has 24 heavy (non-hydrogen) atoms. The Labute approximate surface area is 155 Å². The summed E-state index contributed by atoms with van der Waals surface area (Å²) in [5.74, 6) is 0. The first-order valence-electron chi connectivity index (χ1n) is 7.83. The molecule has 1 saturated heterocycles. The lowest BCUT2D eigenvalue weighted by Gasteiger charge is -2.34. The molecule has 0 radical (unpaired) electrons. The van der Waals surface area contributed by atoms with Gasteiger partial charge >= 0.3 is 6.09 Å². The van der Waals surface area contributed by atoms with Gasteiger partial charge in [0, 0.05) is 19.1 Å². The summed E-state index contributed by atoms with van der Waals surface area (Å²) in [5, 5.41) is 2.69. The molecule has 0 aromatic carbocycles. The number of carbonyl (C=O) groups is 1. The lowest BCUT2D eigenvalue weighted by atomic mass is 10.1. The SMILES string of the molecule is CC(C)(C)OC(=O)NC[C@H]1CCCCN1S(=O)(=O)c1ccc(Br)s1. The van der Waals surface area contributed by atoms with E-state index < -0.39 is 21.7 Å². The Balaban J connectivity index is 2.06. The Morgan fingerprint density at radius 3 is 2.71 bits per heavy atom. The molecule has 1 amide bonds. The molecule has 1 aliphatic rings. The average Bonchev–Trinajstić information content (AvgIpc) is 2.91. The van der Waals surface area contributed by atoms with Gasteiger partial charge in [-0.2, -0.15) is 4.31 Å². The first kappa shape index (κ1) is 19.7. The molecule has 0 spiro atoms. The standard InChI is InChI=1S/C15H23BrN2O4S2/c1-15(2,3)22-14(19)17-10-11-6-4-5-9-18(11)24(20,21)13-8-7-12(16)23-13/h7-8,11H,4-6,9-10H2,1-3H3,(H,17,19)/t11-/m1/s1. The number of amides is 1. The van der Waals surface area contributed by atoms with Crippen LogP contribution in [0.25, 0.3) is 0 Å². The molecule has 0 saturated carbocycles. The molecule has 1 atom stereocenters. The van der Waals surface area contributed by atoms with E-state index in [0.717, 1.165) is 23.0 Å². The van der Waals surface area contributed by atoms with Crippen molar-refractivity contribution < 1.29 is 17.9 Å². The quantitative estimate of drug-likeness (QED) is 0.778. The van der Waals surface area contributed by atoms with Crippen LogP contribution in [-0.2, 0) is 14.8 Å². The molecule has 2 rings (SSSR count). The van der Waals surface area contributed by atoms with Gasteiger partial charge in [0.2, 0.25) is 0 Å². The highest BCUT2D eigenvalue weighted by Crippen LogP contribution is 2.31. The number of rotatable bonds is 4. The van der Waals surface area contributed by atoms with Gasteiger partial charge in [-0.1, -0.05) is 6.42 Å². The largest absolute Gasteiger partial charge is 0.444 e. The van der Waals surface area contributed by atoms with Gasteiger partial charge in [0.1, 0.15) is 9.81 Å². The summed E-state index contributed by atoms with van der Waals surface area (Å²) in [4.78, 5) is 11.8. The van der Waals surface area contributed by atoms with Gasteiger partial charge in [0.15, 0.2) is 0 Å². The monoisotopic (exact) mass is 438 g/mol. The zero-order valence-electron chi connectivity index (χ0n) is 14.0. The average molecular weight is 439 g/mol. The maximum Gasteiger partial charge on any atom is 0.407 e. The number of sulfonamides is 1. The molecule has 1 aromatic heterocycles. The van der Waals surface area contributed by atoms with Crippen molar-refractivity contribution in [3.63, 3.8) is 0 Å². The minimum absolute atomic E-state index is 0.251. The van der Waals surface area contributed by atoms with Crippen molar-refractivity contribution >= 4 is 43.4 Å². The van der Waals surface area contributed by atoms with Gasteiger partial charge < -0.3 is 10.1 Å². The van der Waals surface area contributed by atoms with E-state index in [1.165, 1.54) is 15.6 Å². The summed E-state index contributed by atoms with van der Waals surface area (Å²) >= 11 is 4.50. The van der Waals surface area contributed by atoms with Gasteiger partial charge in [-0.3, -0.25) is 0 Å². The summed E-state index contributed by atoms with van der Waals surface area (Å²) < 4.78 is 33.5. The van der Waals surface area contributed by atoms with E-state index in [2.05, 4.69) is 21.2 Å². The normalized spacial score (nSPS) is 19.9. The lowest BCUT2D eigenvalue weighted by Crippen LogP contribution is -2.49. The predicted octanol–water partition coefficient (Wildman–Crippen LogP) is 3.58. The zero-order valence-corrected chi connectivity index (χ0v) is 17.3. The summed E-state index contributed by atoms with van der Waals surface area (Å²) in [6.45, 7) is 6.09. The fraction of sp³-hybridized carbons (Fsp3) is 0.667. The van der Waals surface area contributed by atoms with Crippen molar-refractivity contribution in [2.24, 2.45) is 0 Å². The van der Waals surface area contributed by atoms with Gasteiger partial charge in [-0.15, -0.1) is 11.3 Å². The molecular formula is C15H23BrN2O4S2. The number of ether oxygens (including phenoxy) is 1. The van der Waals surface area contributed by atoms with Crippen LogP contribution in [0.5, 0.6) is 0 Å². The molecule has 136 valence electrons. The second-order valence-corrected chi connectivity index (χ2v) is 11.3.